The SMILES string of the molecule is Cc1ccc(NC(=O)CN2C(=O)N/C(=C/c3ccc(Sc4nc5ccccc5[nH]4)o3)C2=O)cc1. The van der Waals surface area contributed by atoms with Crippen LogP contribution in [0.5, 0.6) is 0 Å². The minimum Gasteiger partial charge on any atom is -0.450 e. The summed E-state index contributed by atoms with van der Waals surface area (Å²) in [5, 5.41) is 6.40. The van der Waals surface area contributed by atoms with E-state index >= 15 is 0 Å². The Kier molecular flexibility index (Phi) is 5.64. The summed E-state index contributed by atoms with van der Waals surface area (Å²) in [4.78, 5) is 45.8. The largest absolute Gasteiger partial charge is 0.450 e. The van der Waals surface area contributed by atoms with Gasteiger partial charge in [-0.15, -0.1) is 0 Å². The third-order valence-corrected chi connectivity index (χ3v) is 5.86. The average molecular weight is 474 g/mol. The summed E-state index contributed by atoms with van der Waals surface area (Å²) < 4.78 is 5.76. The fraction of sp³-hybridized carbons (Fsp3) is 0.0833. The predicted octanol–water partition coefficient (Wildman–Crippen LogP) is 4.15. The minimum atomic E-state index is -0.668. The van der Waals surface area contributed by atoms with Crippen LogP contribution in [-0.4, -0.2) is 39.3 Å². The number of H-pyrrole nitrogens is 1. The molecule has 0 saturated carbocycles. The molecule has 0 spiro atoms. The highest BCUT2D eigenvalue weighted by Crippen LogP contribution is 2.29. The Bertz CT molecular complexity index is 1400. The Hall–Kier alpha value is -4.31. The van der Waals surface area contributed by atoms with E-state index in [0.717, 1.165) is 21.5 Å². The lowest BCUT2D eigenvalue weighted by Gasteiger charge is -2.12. The van der Waals surface area contributed by atoms with Crippen molar-refractivity contribution in [2.75, 3.05) is 11.9 Å². The highest BCUT2D eigenvalue weighted by Gasteiger charge is 2.35. The Labute approximate surface area is 198 Å². The van der Waals surface area contributed by atoms with Crippen molar-refractivity contribution in [3.63, 3.8) is 0 Å². The second-order valence-corrected chi connectivity index (χ2v) is 8.60. The topological polar surface area (TPSA) is 120 Å². The Morgan fingerprint density at radius 2 is 1.91 bits per heavy atom. The van der Waals surface area contributed by atoms with Gasteiger partial charge in [0.1, 0.15) is 18.0 Å². The lowest BCUT2D eigenvalue weighted by atomic mass is 10.2. The summed E-state index contributed by atoms with van der Waals surface area (Å²) in [6.07, 6.45) is 1.43. The molecule has 10 heteroatoms. The minimum absolute atomic E-state index is 0.0303. The van der Waals surface area contributed by atoms with Crippen molar-refractivity contribution in [3.05, 3.63) is 77.7 Å². The van der Waals surface area contributed by atoms with E-state index in [4.69, 9.17) is 4.42 Å². The molecule has 4 amide bonds. The molecule has 9 nitrogen and oxygen atoms in total. The Morgan fingerprint density at radius 3 is 2.71 bits per heavy atom. The van der Waals surface area contributed by atoms with Crippen LogP contribution in [0, 0.1) is 6.92 Å². The van der Waals surface area contributed by atoms with Crippen LogP contribution < -0.4 is 10.6 Å². The van der Waals surface area contributed by atoms with Crippen LogP contribution in [-0.2, 0) is 9.59 Å². The summed E-state index contributed by atoms with van der Waals surface area (Å²) in [5.41, 5.74) is 3.44. The number of para-hydroxylation sites is 2. The lowest BCUT2D eigenvalue weighted by molar-refractivity contribution is -0.127. The Balaban J connectivity index is 1.24. The van der Waals surface area contributed by atoms with Gasteiger partial charge in [-0.3, -0.25) is 9.59 Å². The van der Waals surface area contributed by atoms with E-state index in [2.05, 4.69) is 20.6 Å². The summed E-state index contributed by atoms with van der Waals surface area (Å²) in [5.74, 6) is -0.698. The summed E-state index contributed by atoms with van der Waals surface area (Å²) in [6.45, 7) is 1.54. The van der Waals surface area contributed by atoms with Gasteiger partial charge in [-0.25, -0.2) is 14.7 Å². The zero-order valence-corrected chi connectivity index (χ0v) is 18.8. The number of imide groups is 1. The van der Waals surface area contributed by atoms with Gasteiger partial charge < -0.3 is 20.0 Å². The van der Waals surface area contributed by atoms with E-state index < -0.39 is 24.4 Å². The average Bonchev–Trinajstić information content (AvgIpc) is 3.50. The van der Waals surface area contributed by atoms with Crippen molar-refractivity contribution < 1.29 is 18.8 Å². The second-order valence-electron chi connectivity index (χ2n) is 7.61. The van der Waals surface area contributed by atoms with E-state index in [9.17, 15) is 14.4 Å². The van der Waals surface area contributed by atoms with Crippen molar-refractivity contribution in [3.8, 4) is 0 Å². The first-order chi connectivity index (χ1) is 16.4. The third-order valence-electron chi connectivity index (χ3n) is 5.05. The number of carbonyl (C=O) groups excluding carboxylic acids is 3. The van der Waals surface area contributed by atoms with E-state index in [0.29, 0.717) is 21.7 Å². The molecule has 1 aliphatic heterocycles. The van der Waals surface area contributed by atoms with Gasteiger partial charge in [0, 0.05) is 11.8 Å². The number of urea groups is 1. The molecule has 3 N–H and O–H groups in total. The molecule has 3 heterocycles. The van der Waals surface area contributed by atoms with Gasteiger partial charge in [0.15, 0.2) is 10.2 Å². The van der Waals surface area contributed by atoms with Crippen molar-refractivity contribution in [2.45, 2.75) is 17.2 Å². The molecule has 1 aliphatic rings. The fourth-order valence-corrected chi connectivity index (χ4v) is 4.15. The van der Waals surface area contributed by atoms with Gasteiger partial charge in [-0.2, -0.15) is 0 Å². The van der Waals surface area contributed by atoms with Gasteiger partial charge in [0.2, 0.25) is 5.91 Å². The predicted molar refractivity (Wildman–Crippen MR) is 127 cm³/mol. The third kappa shape index (κ3) is 4.57. The summed E-state index contributed by atoms with van der Waals surface area (Å²) in [6, 6.07) is 17.7. The molecule has 0 aliphatic carbocycles. The van der Waals surface area contributed by atoms with E-state index in [1.54, 1.807) is 24.3 Å². The van der Waals surface area contributed by atoms with Crippen molar-refractivity contribution in [1.29, 1.82) is 0 Å². The molecule has 0 unspecified atom stereocenters. The van der Waals surface area contributed by atoms with Crippen LogP contribution >= 0.6 is 11.8 Å². The number of hydrogen-bond acceptors (Lipinski definition) is 6. The number of aromatic nitrogens is 2. The highest BCUT2D eigenvalue weighted by atomic mass is 32.2. The maximum Gasteiger partial charge on any atom is 0.329 e. The number of benzene rings is 2. The van der Waals surface area contributed by atoms with Crippen LogP contribution in [0.1, 0.15) is 11.3 Å². The number of nitrogens with one attached hydrogen (secondary N) is 3. The number of furan rings is 1. The molecular formula is C24H19N5O4S. The molecule has 1 fully saturated rings. The first-order valence-corrected chi connectivity index (χ1v) is 11.2. The van der Waals surface area contributed by atoms with Gasteiger partial charge in [0.25, 0.3) is 5.91 Å². The van der Waals surface area contributed by atoms with E-state index in [1.807, 2.05) is 43.3 Å². The maximum absolute atomic E-state index is 12.7. The van der Waals surface area contributed by atoms with Crippen LogP contribution in [0.25, 0.3) is 17.1 Å². The molecule has 0 radical (unpaired) electrons. The smallest absolute Gasteiger partial charge is 0.329 e. The number of fused-ring (bicyclic) bond motifs is 1. The van der Waals surface area contributed by atoms with Gasteiger partial charge >= 0.3 is 6.03 Å². The fourth-order valence-electron chi connectivity index (χ4n) is 3.38. The van der Waals surface area contributed by atoms with Crippen LogP contribution in [0.4, 0.5) is 10.5 Å². The number of rotatable bonds is 6. The number of amides is 4. The standard InChI is InChI=1S/C24H19N5O4S/c1-14-6-8-15(9-7-14)25-20(30)13-29-22(31)19(28-24(29)32)12-16-10-11-21(33-16)34-23-26-17-4-2-3-5-18(17)27-23/h2-12H,13H2,1H3,(H,25,30)(H,26,27)(H,28,32)/b19-12+. The van der Waals surface area contributed by atoms with Gasteiger partial charge in [-0.1, -0.05) is 29.8 Å². The summed E-state index contributed by atoms with van der Waals surface area (Å²) >= 11 is 1.31. The van der Waals surface area contributed by atoms with Gasteiger partial charge in [0.05, 0.1) is 11.0 Å². The van der Waals surface area contributed by atoms with E-state index in [1.165, 1.54) is 17.8 Å². The summed E-state index contributed by atoms with van der Waals surface area (Å²) in [7, 11) is 0. The zero-order valence-electron chi connectivity index (χ0n) is 18.0. The van der Waals surface area contributed by atoms with Crippen molar-refractivity contribution in [2.24, 2.45) is 0 Å². The van der Waals surface area contributed by atoms with Crippen LogP contribution in [0.3, 0.4) is 0 Å². The number of nitrogens with zero attached hydrogens (tertiary/aromatic N) is 2. The Morgan fingerprint density at radius 1 is 1.12 bits per heavy atom. The highest BCUT2D eigenvalue weighted by molar-refractivity contribution is 7.99. The second kappa shape index (κ2) is 8.91. The molecule has 34 heavy (non-hydrogen) atoms. The molecule has 0 atom stereocenters. The van der Waals surface area contributed by atoms with Crippen molar-refractivity contribution >= 4 is 52.4 Å². The number of aromatic amines is 1. The first-order valence-electron chi connectivity index (χ1n) is 10.4. The number of hydrogen-bond donors (Lipinski definition) is 3. The molecule has 0 bridgehead atoms. The number of carbonyl (C=O) groups is 3. The number of aryl methyl sites for hydroxylation is 1. The van der Waals surface area contributed by atoms with E-state index in [-0.39, 0.29) is 5.70 Å². The molecule has 4 aromatic rings. The number of imidazole rings is 1. The molecular weight excluding hydrogens is 454 g/mol. The molecule has 1 saturated heterocycles. The van der Waals surface area contributed by atoms with Crippen LogP contribution in [0.2, 0.25) is 0 Å². The van der Waals surface area contributed by atoms with Crippen molar-refractivity contribution in [1.82, 2.24) is 20.2 Å². The number of anilines is 1. The van der Waals surface area contributed by atoms with Gasteiger partial charge in [-0.05, 0) is 55.1 Å². The monoisotopic (exact) mass is 473 g/mol. The normalized spacial score (nSPS) is 14.7. The quantitative estimate of drug-likeness (QED) is 0.286. The maximum atomic E-state index is 12.7. The molecule has 5 rings (SSSR count). The van der Waals surface area contributed by atoms with Crippen LogP contribution in [0.15, 0.2) is 81.0 Å². The zero-order chi connectivity index (χ0) is 23.7. The molecule has 2 aromatic carbocycles. The lowest BCUT2D eigenvalue weighted by Crippen LogP contribution is -2.38. The molecule has 170 valence electrons. The first kappa shape index (κ1) is 21.5. The molecule has 2 aromatic heterocycles.